The summed E-state index contributed by atoms with van der Waals surface area (Å²) in [6, 6.07) is 0.771. The van der Waals surface area contributed by atoms with Crippen LogP contribution in [0.2, 0.25) is 0 Å². The maximum absolute atomic E-state index is 12.0. The van der Waals surface area contributed by atoms with Gasteiger partial charge in [0, 0.05) is 31.9 Å². The Balaban J connectivity index is 1.71. The van der Waals surface area contributed by atoms with E-state index < -0.39 is 0 Å². The van der Waals surface area contributed by atoms with Crippen LogP contribution in [0, 0.1) is 0 Å². The van der Waals surface area contributed by atoms with Crippen LogP contribution in [-0.4, -0.2) is 60.9 Å². The molecule has 0 radical (unpaired) electrons. The number of rotatable bonds is 6. The Morgan fingerprint density at radius 2 is 2.11 bits per heavy atom. The zero-order chi connectivity index (χ0) is 13.5. The molecule has 2 aliphatic heterocycles. The van der Waals surface area contributed by atoms with Crippen LogP contribution in [0.4, 0.5) is 0 Å². The second-order valence-electron chi connectivity index (χ2n) is 5.59. The number of nitrogens with zero attached hydrogens (tertiary/aromatic N) is 1. The first-order valence-electron chi connectivity index (χ1n) is 7.51. The number of ether oxygens (including phenoxy) is 1. The maximum Gasteiger partial charge on any atom is 0.234 e. The van der Waals surface area contributed by atoms with E-state index >= 15 is 0 Å². The van der Waals surface area contributed by atoms with Crippen LogP contribution in [-0.2, 0) is 9.53 Å². The predicted molar refractivity (Wildman–Crippen MR) is 72.9 cm³/mol. The molecule has 0 aromatic heterocycles. The summed E-state index contributed by atoms with van der Waals surface area (Å²) in [5.74, 6) is 0.141. The van der Waals surface area contributed by atoms with Crippen molar-refractivity contribution < 1.29 is 14.6 Å². The van der Waals surface area contributed by atoms with Crippen molar-refractivity contribution >= 4 is 5.91 Å². The SMILES string of the molecule is O=C(CN1CCCC1CCCO)NC1CCOCC1. The lowest BCUT2D eigenvalue weighted by Gasteiger charge is -2.27. The van der Waals surface area contributed by atoms with E-state index in [1.54, 1.807) is 0 Å². The average Bonchev–Trinajstić information content (AvgIpc) is 2.84. The Kier molecular flexibility index (Phi) is 6.07. The van der Waals surface area contributed by atoms with Crippen molar-refractivity contribution in [3.05, 3.63) is 0 Å². The molecule has 110 valence electrons. The van der Waals surface area contributed by atoms with Gasteiger partial charge in [0.05, 0.1) is 6.54 Å². The van der Waals surface area contributed by atoms with Gasteiger partial charge in [-0.3, -0.25) is 9.69 Å². The molecule has 2 heterocycles. The van der Waals surface area contributed by atoms with Gasteiger partial charge in [0.25, 0.3) is 0 Å². The van der Waals surface area contributed by atoms with Gasteiger partial charge in [0.15, 0.2) is 0 Å². The molecule has 0 saturated carbocycles. The van der Waals surface area contributed by atoms with Crippen LogP contribution >= 0.6 is 0 Å². The van der Waals surface area contributed by atoms with Gasteiger partial charge in [-0.2, -0.15) is 0 Å². The first kappa shape index (κ1) is 14.8. The number of likely N-dealkylation sites (tertiary alicyclic amines) is 1. The number of nitrogens with one attached hydrogen (secondary N) is 1. The smallest absolute Gasteiger partial charge is 0.234 e. The molecule has 1 unspecified atom stereocenters. The number of hydrogen-bond donors (Lipinski definition) is 2. The van der Waals surface area contributed by atoms with Crippen molar-refractivity contribution in [3.63, 3.8) is 0 Å². The van der Waals surface area contributed by atoms with Crippen molar-refractivity contribution in [2.45, 2.75) is 50.6 Å². The van der Waals surface area contributed by atoms with Gasteiger partial charge in [-0.1, -0.05) is 0 Å². The molecule has 1 amide bonds. The van der Waals surface area contributed by atoms with Crippen LogP contribution < -0.4 is 5.32 Å². The Morgan fingerprint density at radius 1 is 1.32 bits per heavy atom. The summed E-state index contributed by atoms with van der Waals surface area (Å²) in [6.07, 6.45) is 6.02. The molecular weight excluding hydrogens is 244 g/mol. The van der Waals surface area contributed by atoms with Crippen LogP contribution in [0.5, 0.6) is 0 Å². The molecule has 0 aromatic rings. The lowest BCUT2D eigenvalue weighted by molar-refractivity contribution is -0.123. The number of aliphatic hydroxyl groups excluding tert-OH is 1. The second-order valence-corrected chi connectivity index (χ2v) is 5.59. The van der Waals surface area contributed by atoms with Crippen molar-refractivity contribution in [1.29, 1.82) is 0 Å². The lowest BCUT2D eigenvalue weighted by atomic mass is 10.1. The van der Waals surface area contributed by atoms with Crippen molar-refractivity contribution in [2.24, 2.45) is 0 Å². The van der Waals surface area contributed by atoms with E-state index in [0.717, 1.165) is 51.9 Å². The summed E-state index contributed by atoms with van der Waals surface area (Å²) in [7, 11) is 0. The Bertz CT molecular complexity index is 280. The predicted octanol–water partition coefficient (Wildman–Crippen LogP) is 0.519. The van der Waals surface area contributed by atoms with Crippen molar-refractivity contribution in [3.8, 4) is 0 Å². The highest BCUT2D eigenvalue weighted by molar-refractivity contribution is 5.78. The molecule has 0 aromatic carbocycles. The standard InChI is InChI=1S/C14H26N2O3/c17-8-2-4-13-3-1-7-16(13)11-14(18)15-12-5-9-19-10-6-12/h12-13,17H,1-11H2,(H,15,18). The minimum absolute atomic E-state index is 0.141. The van der Waals surface area contributed by atoms with Crippen LogP contribution in [0.3, 0.4) is 0 Å². The highest BCUT2D eigenvalue weighted by Crippen LogP contribution is 2.20. The minimum Gasteiger partial charge on any atom is -0.396 e. The number of carbonyl (C=O) groups is 1. The molecule has 1 atom stereocenters. The third kappa shape index (κ3) is 4.75. The average molecular weight is 270 g/mol. The number of hydrogen-bond acceptors (Lipinski definition) is 4. The molecule has 0 aliphatic carbocycles. The fraction of sp³-hybridized carbons (Fsp3) is 0.929. The summed E-state index contributed by atoms with van der Waals surface area (Å²) in [6.45, 7) is 3.28. The van der Waals surface area contributed by atoms with Gasteiger partial charge in [-0.05, 0) is 45.1 Å². The second kappa shape index (κ2) is 7.82. The van der Waals surface area contributed by atoms with E-state index in [1.165, 1.54) is 6.42 Å². The van der Waals surface area contributed by atoms with E-state index in [9.17, 15) is 4.79 Å². The van der Waals surface area contributed by atoms with Crippen LogP contribution in [0.25, 0.3) is 0 Å². The molecule has 2 rings (SSSR count). The van der Waals surface area contributed by atoms with E-state index in [4.69, 9.17) is 9.84 Å². The Hall–Kier alpha value is -0.650. The first-order chi connectivity index (χ1) is 9.29. The van der Waals surface area contributed by atoms with Crippen LogP contribution in [0.1, 0.15) is 38.5 Å². The van der Waals surface area contributed by atoms with Crippen LogP contribution in [0.15, 0.2) is 0 Å². The topological polar surface area (TPSA) is 61.8 Å². The highest BCUT2D eigenvalue weighted by Gasteiger charge is 2.26. The van der Waals surface area contributed by atoms with E-state index in [2.05, 4.69) is 10.2 Å². The Morgan fingerprint density at radius 3 is 2.84 bits per heavy atom. The fourth-order valence-electron chi connectivity index (χ4n) is 3.06. The monoisotopic (exact) mass is 270 g/mol. The summed E-state index contributed by atoms with van der Waals surface area (Å²) in [4.78, 5) is 14.3. The summed E-state index contributed by atoms with van der Waals surface area (Å²) in [5, 5.41) is 12.0. The number of carbonyl (C=O) groups excluding carboxylic acids is 1. The molecule has 5 nitrogen and oxygen atoms in total. The fourth-order valence-corrected chi connectivity index (χ4v) is 3.06. The quantitative estimate of drug-likeness (QED) is 0.738. The zero-order valence-corrected chi connectivity index (χ0v) is 11.6. The molecule has 2 N–H and O–H groups in total. The molecule has 0 spiro atoms. The number of amides is 1. The van der Waals surface area contributed by atoms with Crippen molar-refractivity contribution in [2.75, 3.05) is 32.9 Å². The molecule has 19 heavy (non-hydrogen) atoms. The normalized spacial score (nSPS) is 25.6. The molecule has 0 bridgehead atoms. The minimum atomic E-state index is 0.141. The van der Waals surface area contributed by atoms with Gasteiger partial charge in [-0.15, -0.1) is 0 Å². The van der Waals surface area contributed by atoms with Gasteiger partial charge in [0.2, 0.25) is 5.91 Å². The summed E-state index contributed by atoms with van der Waals surface area (Å²) in [5.41, 5.74) is 0. The maximum atomic E-state index is 12.0. The van der Waals surface area contributed by atoms with Gasteiger partial charge in [0.1, 0.15) is 0 Å². The highest BCUT2D eigenvalue weighted by atomic mass is 16.5. The molecular formula is C14H26N2O3. The van der Waals surface area contributed by atoms with E-state index in [-0.39, 0.29) is 12.5 Å². The van der Waals surface area contributed by atoms with Crippen molar-refractivity contribution in [1.82, 2.24) is 10.2 Å². The third-order valence-electron chi connectivity index (χ3n) is 4.13. The van der Waals surface area contributed by atoms with Gasteiger partial charge >= 0.3 is 0 Å². The number of aliphatic hydroxyl groups is 1. The molecule has 2 fully saturated rings. The third-order valence-corrected chi connectivity index (χ3v) is 4.13. The Labute approximate surface area is 115 Å². The summed E-state index contributed by atoms with van der Waals surface area (Å²) >= 11 is 0. The van der Waals surface area contributed by atoms with E-state index in [1.807, 2.05) is 0 Å². The molecule has 2 aliphatic rings. The van der Waals surface area contributed by atoms with Gasteiger partial charge < -0.3 is 15.2 Å². The lowest BCUT2D eigenvalue weighted by Crippen LogP contribution is -2.45. The molecule has 2 saturated heterocycles. The summed E-state index contributed by atoms with van der Waals surface area (Å²) < 4.78 is 5.29. The zero-order valence-electron chi connectivity index (χ0n) is 11.6. The van der Waals surface area contributed by atoms with E-state index in [0.29, 0.717) is 18.6 Å². The van der Waals surface area contributed by atoms with Gasteiger partial charge in [-0.25, -0.2) is 0 Å². The first-order valence-corrected chi connectivity index (χ1v) is 7.51. The largest absolute Gasteiger partial charge is 0.396 e. The molecule has 5 heteroatoms.